The van der Waals surface area contributed by atoms with Crippen LogP contribution in [0.2, 0.25) is 0 Å². The highest BCUT2D eigenvalue weighted by Crippen LogP contribution is 2.34. The van der Waals surface area contributed by atoms with Gasteiger partial charge in [-0.3, -0.25) is 4.90 Å². The van der Waals surface area contributed by atoms with Crippen molar-refractivity contribution in [3.8, 4) is 6.07 Å². The van der Waals surface area contributed by atoms with Crippen molar-refractivity contribution in [1.82, 2.24) is 25.1 Å². The molecule has 2 heterocycles. The summed E-state index contributed by atoms with van der Waals surface area (Å²) in [5, 5.41) is 31.9. The average Bonchev–Trinajstić information content (AvgIpc) is 3.20. The molecule has 142 valence electrons. The molecule has 1 aromatic heterocycles. The van der Waals surface area contributed by atoms with Crippen LogP contribution in [0.3, 0.4) is 0 Å². The standard InChI is InChI=1S/C20H26N6O/c21-14-15-6-8-16(9-7-15)19(25-12-10-18(27)11-13-25)20-22-23-24-26(20)17-4-2-1-3-5-17/h6-9,17-19,27H,1-5,10-13H2. The van der Waals surface area contributed by atoms with Gasteiger partial charge in [0.25, 0.3) is 0 Å². The Balaban J connectivity index is 1.69. The molecule has 2 aliphatic rings. The second-order valence-corrected chi connectivity index (χ2v) is 7.68. The maximum atomic E-state index is 9.93. The lowest BCUT2D eigenvalue weighted by molar-refractivity contribution is 0.0654. The highest BCUT2D eigenvalue weighted by Gasteiger charge is 2.32. The minimum absolute atomic E-state index is 0.0535. The fourth-order valence-electron chi connectivity index (χ4n) is 4.37. The summed E-state index contributed by atoms with van der Waals surface area (Å²) in [4.78, 5) is 2.36. The predicted molar refractivity (Wildman–Crippen MR) is 99.8 cm³/mol. The number of nitriles is 1. The van der Waals surface area contributed by atoms with E-state index in [0.29, 0.717) is 11.6 Å². The van der Waals surface area contributed by atoms with Crippen LogP contribution in [0.1, 0.15) is 74.0 Å². The molecule has 1 aliphatic heterocycles. The first-order chi connectivity index (χ1) is 13.3. The summed E-state index contributed by atoms with van der Waals surface area (Å²) in [6.45, 7) is 1.62. The van der Waals surface area contributed by atoms with Crippen LogP contribution in [-0.4, -0.2) is 49.4 Å². The molecule has 1 saturated heterocycles. The molecule has 1 saturated carbocycles. The Morgan fingerprint density at radius 2 is 1.74 bits per heavy atom. The molecule has 2 fully saturated rings. The Hall–Kier alpha value is -2.30. The zero-order chi connectivity index (χ0) is 18.6. The minimum atomic E-state index is -0.225. The van der Waals surface area contributed by atoms with Gasteiger partial charge in [-0.05, 0) is 53.8 Å². The fourth-order valence-corrected chi connectivity index (χ4v) is 4.37. The highest BCUT2D eigenvalue weighted by molar-refractivity contribution is 5.34. The number of benzene rings is 1. The van der Waals surface area contributed by atoms with E-state index in [2.05, 4.69) is 26.5 Å². The van der Waals surface area contributed by atoms with Gasteiger partial charge in [-0.25, -0.2) is 4.68 Å². The van der Waals surface area contributed by atoms with E-state index in [9.17, 15) is 5.11 Å². The molecule has 1 aliphatic carbocycles. The van der Waals surface area contributed by atoms with Gasteiger partial charge in [-0.2, -0.15) is 5.26 Å². The first-order valence-electron chi connectivity index (χ1n) is 9.96. The predicted octanol–water partition coefficient (Wildman–Crippen LogP) is 2.60. The largest absolute Gasteiger partial charge is 0.393 e. The number of hydrogen-bond donors (Lipinski definition) is 1. The topological polar surface area (TPSA) is 90.9 Å². The van der Waals surface area contributed by atoms with Gasteiger partial charge in [0.15, 0.2) is 5.82 Å². The van der Waals surface area contributed by atoms with E-state index in [0.717, 1.165) is 50.2 Å². The molecule has 27 heavy (non-hydrogen) atoms. The zero-order valence-corrected chi connectivity index (χ0v) is 15.5. The van der Waals surface area contributed by atoms with Crippen molar-refractivity contribution in [2.45, 2.75) is 63.1 Å². The zero-order valence-electron chi connectivity index (χ0n) is 15.5. The van der Waals surface area contributed by atoms with E-state index in [4.69, 9.17) is 5.26 Å². The van der Waals surface area contributed by atoms with Crippen LogP contribution in [0.25, 0.3) is 0 Å². The number of likely N-dealkylation sites (tertiary alicyclic amines) is 1. The van der Waals surface area contributed by atoms with Gasteiger partial charge >= 0.3 is 0 Å². The molecular weight excluding hydrogens is 340 g/mol. The smallest absolute Gasteiger partial charge is 0.173 e. The maximum absolute atomic E-state index is 9.93. The molecule has 0 radical (unpaired) electrons. The molecule has 0 spiro atoms. The Kier molecular flexibility index (Phi) is 5.46. The molecule has 0 bridgehead atoms. The number of hydrogen-bond acceptors (Lipinski definition) is 6. The Bertz CT molecular complexity index is 782. The van der Waals surface area contributed by atoms with E-state index < -0.39 is 0 Å². The lowest BCUT2D eigenvalue weighted by Crippen LogP contribution is -2.40. The SMILES string of the molecule is N#Cc1ccc(C(c2nnnn2C2CCCCC2)N2CCC(O)CC2)cc1. The van der Waals surface area contributed by atoms with E-state index in [-0.39, 0.29) is 12.1 Å². The molecule has 7 heteroatoms. The monoisotopic (exact) mass is 366 g/mol. The van der Waals surface area contributed by atoms with Crippen LogP contribution in [0, 0.1) is 11.3 Å². The lowest BCUT2D eigenvalue weighted by Gasteiger charge is -2.36. The van der Waals surface area contributed by atoms with Crippen molar-refractivity contribution < 1.29 is 5.11 Å². The van der Waals surface area contributed by atoms with Crippen LogP contribution in [-0.2, 0) is 0 Å². The van der Waals surface area contributed by atoms with E-state index in [1.807, 2.05) is 28.9 Å². The Morgan fingerprint density at radius 1 is 1.04 bits per heavy atom. The molecule has 0 amide bonds. The van der Waals surface area contributed by atoms with Gasteiger partial charge in [0.1, 0.15) is 0 Å². The summed E-state index contributed by atoms with van der Waals surface area (Å²) in [5.41, 5.74) is 1.75. The molecule has 1 N–H and O–H groups in total. The fraction of sp³-hybridized carbons (Fsp3) is 0.600. The summed E-state index contributed by atoms with van der Waals surface area (Å²) in [5.74, 6) is 0.878. The summed E-state index contributed by atoms with van der Waals surface area (Å²) in [6, 6.07) is 10.2. The van der Waals surface area contributed by atoms with E-state index in [1.54, 1.807) is 0 Å². The number of aliphatic hydroxyl groups excluding tert-OH is 1. The summed E-state index contributed by atoms with van der Waals surface area (Å²) >= 11 is 0. The van der Waals surface area contributed by atoms with Crippen LogP contribution in [0.4, 0.5) is 0 Å². The number of aromatic nitrogens is 4. The third kappa shape index (κ3) is 3.87. The number of piperidine rings is 1. The van der Waals surface area contributed by atoms with Crippen LogP contribution in [0.5, 0.6) is 0 Å². The van der Waals surface area contributed by atoms with Crippen molar-refractivity contribution in [2.75, 3.05) is 13.1 Å². The molecular formula is C20H26N6O. The van der Waals surface area contributed by atoms with Crippen LogP contribution < -0.4 is 0 Å². The van der Waals surface area contributed by atoms with Crippen molar-refractivity contribution in [3.63, 3.8) is 0 Å². The first-order valence-corrected chi connectivity index (χ1v) is 9.96. The van der Waals surface area contributed by atoms with Gasteiger partial charge in [0.05, 0.1) is 29.8 Å². The van der Waals surface area contributed by atoms with Crippen molar-refractivity contribution >= 4 is 0 Å². The van der Waals surface area contributed by atoms with Gasteiger partial charge in [0.2, 0.25) is 0 Å². The number of tetrazole rings is 1. The normalized spacial score (nSPS) is 21.0. The highest BCUT2D eigenvalue weighted by atomic mass is 16.3. The third-order valence-corrected chi connectivity index (χ3v) is 5.90. The molecule has 1 unspecified atom stereocenters. The molecule has 7 nitrogen and oxygen atoms in total. The van der Waals surface area contributed by atoms with E-state index in [1.165, 1.54) is 19.3 Å². The third-order valence-electron chi connectivity index (χ3n) is 5.90. The Labute approximate surface area is 159 Å². The molecule has 4 rings (SSSR count). The molecule has 1 atom stereocenters. The van der Waals surface area contributed by atoms with Crippen LogP contribution in [0.15, 0.2) is 24.3 Å². The second kappa shape index (κ2) is 8.15. The summed E-state index contributed by atoms with van der Waals surface area (Å²) in [7, 11) is 0. The maximum Gasteiger partial charge on any atom is 0.173 e. The van der Waals surface area contributed by atoms with Crippen molar-refractivity contribution in [1.29, 1.82) is 5.26 Å². The number of nitrogens with zero attached hydrogens (tertiary/aromatic N) is 6. The quantitative estimate of drug-likeness (QED) is 0.894. The minimum Gasteiger partial charge on any atom is -0.393 e. The van der Waals surface area contributed by atoms with Crippen LogP contribution >= 0.6 is 0 Å². The van der Waals surface area contributed by atoms with Gasteiger partial charge < -0.3 is 5.11 Å². The molecule has 1 aromatic carbocycles. The van der Waals surface area contributed by atoms with Gasteiger partial charge in [-0.1, -0.05) is 31.4 Å². The first kappa shape index (κ1) is 18.1. The Morgan fingerprint density at radius 3 is 2.41 bits per heavy atom. The summed E-state index contributed by atoms with van der Waals surface area (Å²) < 4.78 is 2.03. The van der Waals surface area contributed by atoms with Gasteiger partial charge in [0, 0.05) is 13.1 Å². The van der Waals surface area contributed by atoms with Crippen molar-refractivity contribution in [2.24, 2.45) is 0 Å². The van der Waals surface area contributed by atoms with E-state index >= 15 is 0 Å². The summed E-state index contributed by atoms with van der Waals surface area (Å²) in [6.07, 6.45) is 7.28. The average molecular weight is 366 g/mol. The van der Waals surface area contributed by atoms with Gasteiger partial charge in [-0.15, -0.1) is 5.10 Å². The molecule has 2 aromatic rings. The number of aliphatic hydroxyl groups is 1. The van der Waals surface area contributed by atoms with Crippen molar-refractivity contribution in [3.05, 3.63) is 41.2 Å². The number of rotatable bonds is 4. The second-order valence-electron chi connectivity index (χ2n) is 7.68. The lowest BCUT2D eigenvalue weighted by atomic mass is 9.94.